The summed E-state index contributed by atoms with van der Waals surface area (Å²) in [7, 11) is 0. The van der Waals surface area contributed by atoms with Crippen molar-refractivity contribution in [3.05, 3.63) is 40.6 Å². The van der Waals surface area contributed by atoms with Crippen molar-refractivity contribution in [1.29, 1.82) is 5.26 Å². The highest BCUT2D eigenvalue weighted by Gasteiger charge is 2.16. The molecule has 7 heteroatoms. The third-order valence-corrected chi connectivity index (χ3v) is 3.05. The lowest BCUT2D eigenvalue weighted by Gasteiger charge is -2.09. The zero-order valence-corrected chi connectivity index (χ0v) is 12.2. The van der Waals surface area contributed by atoms with Crippen molar-refractivity contribution in [2.75, 3.05) is 5.32 Å². The Morgan fingerprint density at radius 1 is 1.48 bits per heavy atom. The number of hydrogen-bond donors (Lipinski definition) is 3. The third kappa shape index (κ3) is 4.82. The Kier molecular flexibility index (Phi) is 5.76. The molecule has 0 radical (unpaired) electrons. The van der Waals surface area contributed by atoms with Crippen molar-refractivity contribution in [3.8, 4) is 6.07 Å². The zero-order chi connectivity index (χ0) is 16.0. The van der Waals surface area contributed by atoms with Crippen molar-refractivity contribution >= 4 is 29.2 Å². The normalized spacial score (nSPS) is 12.2. The Morgan fingerprint density at radius 3 is 2.67 bits per heavy atom. The molecule has 3 N–H and O–H groups in total. The van der Waals surface area contributed by atoms with Crippen LogP contribution < -0.4 is 10.6 Å². The smallest absolute Gasteiger partial charge is 0.325 e. The highest BCUT2D eigenvalue weighted by molar-refractivity contribution is 6.31. The Labute approximate surface area is 127 Å². The number of carbonyl (C=O) groups is 2. The molecule has 0 aliphatic heterocycles. The van der Waals surface area contributed by atoms with Gasteiger partial charge in [-0.25, -0.2) is 0 Å². The predicted octanol–water partition coefficient (Wildman–Crippen LogP) is 2.06. The average Bonchev–Trinajstić information content (AvgIpc) is 2.43. The van der Waals surface area contributed by atoms with Crippen molar-refractivity contribution in [3.63, 3.8) is 0 Å². The van der Waals surface area contributed by atoms with E-state index in [1.807, 2.05) is 6.92 Å². The maximum absolute atomic E-state index is 11.7. The number of carboxylic acids is 1. The quantitative estimate of drug-likeness (QED) is 0.571. The Morgan fingerprint density at radius 2 is 2.14 bits per heavy atom. The number of carboxylic acid groups (broad SMARTS) is 1. The monoisotopic (exact) mass is 307 g/mol. The number of benzene rings is 1. The number of nitrogens with one attached hydrogen (secondary N) is 2. The van der Waals surface area contributed by atoms with Crippen LogP contribution in [0, 0.1) is 18.3 Å². The topological polar surface area (TPSA) is 102 Å². The molecular weight excluding hydrogens is 294 g/mol. The number of carbonyl (C=O) groups excluding carboxylic acids is 1. The summed E-state index contributed by atoms with van der Waals surface area (Å²) in [5.74, 6) is -1.95. The van der Waals surface area contributed by atoms with Gasteiger partial charge in [-0.2, -0.15) is 5.26 Å². The lowest BCUT2D eigenvalue weighted by molar-refractivity contribution is -0.140. The molecular formula is C14H14ClN3O3. The summed E-state index contributed by atoms with van der Waals surface area (Å²) in [6.07, 6.45) is 1.20. The van der Waals surface area contributed by atoms with Crippen LogP contribution in [0.3, 0.4) is 0 Å². The minimum absolute atomic E-state index is 0.236. The molecule has 0 saturated carbocycles. The van der Waals surface area contributed by atoms with Gasteiger partial charge in [0.25, 0.3) is 5.91 Å². The van der Waals surface area contributed by atoms with Crippen LogP contribution in [0.15, 0.2) is 30.0 Å². The summed E-state index contributed by atoms with van der Waals surface area (Å²) >= 11 is 5.96. The number of halogens is 1. The predicted molar refractivity (Wildman–Crippen MR) is 78.7 cm³/mol. The van der Waals surface area contributed by atoms with Gasteiger partial charge in [0.15, 0.2) is 0 Å². The fourth-order valence-corrected chi connectivity index (χ4v) is 1.50. The number of nitriles is 1. The zero-order valence-electron chi connectivity index (χ0n) is 11.5. The van der Waals surface area contributed by atoms with E-state index in [1.165, 1.54) is 13.1 Å². The molecule has 110 valence electrons. The summed E-state index contributed by atoms with van der Waals surface area (Å²) in [5, 5.41) is 23.1. The maximum Gasteiger partial charge on any atom is 0.325 e. The van der Waals surface area contributed by atoms with Gasteiger partial charge in [0.05, 0.1) is 0 Å². The highest BCUT2D eigenvalue weighted by atomic mass is 35.5. The molecule has 0 aliphatic carbocycles. The van der Waals surface area contributed by atoms with Crippen molar-refractivity contribution < 1.29 is 14.7 Å². The molecule has 1 amide bonds. The van der Waals surface area contributed by atoms with Crippen LogP contribution in [0.5, 0.6) is 0 Å². The van der Waals surface area contributed by atoms with E-state index in [1.54, 1.807) is 24.3 Å². The van der Waals surface area contributed by atoms with E-state index in [0.29, 0.717) is 10.7 Å². The molecule has 1 aromatic carbocycles. The minimum atomic E-state index is -1.18. The first-order valence-electron chi connectivity index (χ1n) is 6.01. The van der Waals surface area contributed by atoms with Crippen LogP contribution in [-0.2, 0) is 9.59 Å². The van der Waals surface area contributed by atoms with Crippen molar-refractivity contribution in [1.82, 2.24) is 5.32 Å². The van der Waals surface area contributed by atoms with Crippen LogP contribution in [0.2, 0.25) is 5.02 Å². The molecule has 0 aliphatic rings. The molecule has 0 heterocycles. The average molecular weight is 308 g/mol. The van der Waals surface area contributed by atoms with E-state index in [-0.39, 0.29) is 5.57 Å². The SMILES string of the molecule is Cc1ccc(N/C=C(/C#N)C(=O)NC(C)C(=O)O)cc1Cl. The second-order valence-corrected chi connectivity index (χ2v) is 4.72. The second-order valence-electron chi connectivity index (χ2n) is 4.31. The van der Waals surface area contributed by atoms with Crippen LogP contribution in [0.1, 0.15) is 12.5 Å². The first-order chi connectivity index (χ1) is 9.85. The van der Waals surface area contributed by atoms with Gasteiger partial charge >= 0.3 is 5.97 Å². The minimum Gasteiger partial charge on any atom is -0.480 e. The van der Waals surface area contributed by atoms with E-state index in [0.717, 1.165) is 5.56 Å². The van der Waals surface area contributed by atoms with Gasteiger partial charge in [-0.05, 0) is 31.5 Å². The van der Waals surface area contributed by atoms with E-state index in [2.05, 4.69) is 10.6 Å². The van der Waals surface area contributed by atoms with Crippen LogP contribution >= 0.6 is 11.6 Å². The molecule has 1 atom stereocenters. The summed E-state index contributed by atoms with van der Waals surface area (Å²) in [6, 6.07) is 5.80. The lowest BCUT2D eigenvalue weighted by Crippen LogP contribution is -2.39. The molecule has 0 saturated heterocycles. The van der Waals surface area contributed by atoms with Gasteiger partial charge in [0.1, 0.15) is 17.7 Å². The molecule has 6 nitrogen and oxygen atoms in total. The number of aryl methyl sites for hydroxylation is 1. The van der Waals surface area contributed by atoms with E-state index < -0.39 is 17.9 Å². The van der Waals surface area contributed by atoms with E-state index in [4.69, 9.17) is 22.0 Å². The molecule has 0 aromatic heterocycles. The van der Waals surface area contributed by atoms with Gasteiger partial charge in [-0.15, -0.1) is 0 Å². The Balaban J connectivity index is 2.80. The van der Waals surface area contributed by atoms with Crippen molar-refractivity contribution in [2.24, 2.45) is 0 Å². The van der Waals surface area contributed by atoms with Crippen molar-refractivity contribution in [2.45, 2.75) is 19.9 Å². The summed E-state index contributed by atoms with van der Waals surface area (Å²) in [6.45, 7) is 3.16. The lowest BCUT2D eigenvalue weighted by atomic mass is 10.2. The highest BCUT2D eigenvalue weighted by Crippen LogP contribution is 2.20. The largest absolute Gasteiger partial charge is 0.480 e. The molecule has 0 bridgehead atoms. The fraction of sp³-hybridized carbons (Fsp3) is 0.214. The fourth-order valence-electron chi connectivity index (χ4n) is 1.32. The first kappa shape index (κ1) is 16.5. The van der Waals surface area contributed by atoms with Gasteiger partial charge in [-0.1, -0.05) is 17.7 Å². The van der Waals surface area contributed by atoms with Gasteiger partial charge < -0.3 is 15.7 Å². The third-order valence-electron chi connectivity index (χ3n) is 2.64. The molecule has 0 spiro atoms. The van der Waals surface area contributed by atoms with Crippen LogP contribution in [0.4, 0.5) is 5.69 Å². The number of rotatable bonds is 5. The van der Waals surface area contributed by atoms with E-state index in [9.17, 15) is 9.59 Å². The Hall–Kier alpha value is -2.52. The molecule has 1 unspecified atom stereocenters. The van der Waals surface area contributed by atoms with E-state index >= 15 is 0 Å². The number of nitrogens with zero attached hydrogens (tertiary/aromatic N) is 1. The summed E-state index contributed by atoms with van der Waals surface area (Å²) in [5.41, 5.74) is 1.27. The van der Waals surface area contributed by atoms with Gasteiger partial charge in [0, 0.05) is 16.9 Å². The summed E-state index contributed by atoms with van der Waals surface area (Å²) in [4.78, 5) is 22.3. The van der Waals surface area contributed by atoms with Gasteiger partial charge in [-0.3, -0.25) is 9.59 Å². The molecule has 1 aromatic rings. The standard InChI is InChI=1S/C14H14ClN3O3/c1-8-3-4-11(5-12(8)15)17-7-10(6-16)13(19)18-9(2)14(20)21/h3-5,7,9,17H,1-2H3,(H,18,19)(H,20,21)/b10-7-. The number of hydrogen-bond acceptors (Lipinski definition) is 4. The second kappa shape index (κ2) is 7.31. The Bertz CT molecular complexity index is 635. The maximum atomic E-state index is 11.7. The summed E-state index contributed by atoms with van der Waals surface area (Å²) < 4.78 is 0. The molecule has 1 rings (SSSR count). The molecule has 0 fully saturated rings. The van der Waals surface area contributed by atoms with Crippen LogP contribution in [0.25, 0.3) is 0 Å². The first-order valence-corrected chi connectivity index (χ1v) is 6.39. The number of aliphatic carboxylic acids is 1. The number of amides is 1. The molecule has 21 heavy (non-hydrogen) atoms. The van der Waals surface area contributed by atoms with Crippen LogP contribution in [-0.4, -0.2) is 23.0 Å². The number of anilines is 1. The van der Waals surface area contributed by atoms with Gasteiger partial charge in [0.2, 0.25) is 0 Å².